The fourth-order valence-electron chi connectivity index (χ4n) is 4.12. The van der Waals surface area contributed by atoms with Crippen LogP contribution in [0.4, 0.5) is 10.5 Å². The average Bonchev–Trinajstić information content (AvgIpc) is 2.78. The zero-order valence-electron chi connectivity index (χ0n) is 18.0. The van der Waals surface area contributed by atoms with Gasteiger partial charge in [0, 0.05) is 36.2 Å². The molecule has 172 valence electrons. The van der Waals surface area contributed by atoms with Crippen molar-refractivity contribution in [2.24, 2.45) is 0 Å². The highest BCUT2D eigenvalue weighted by Crippen LogP contribution is 2.31. The Bertz CT molecular complexity index is 1160. The first-order valence-electron chi connectivity index (χ1n) is 10.5. The molecule has 1 saturated heterocycles. The second-order valence-electron chi connectivity index (χ2n) is 8.04. The van der Waals surface area contributed by atoms with Crippen LogP contribution in [0.15, 0.2) is 60.7 Å². The lowest BCUT2D eigenvalue weighted by Crippen LogP contribution is -2.52. The quantitative estimate of drug-likeness (QED) is 0.495. The topological polar surface area (TPSA) is 76.1 Å². The first kappa shape index (κ1) is 23.3. The molecule has 0 aliphatic carbocycles. The molecule has 1 heterocycles. The molecule has 3 aromatic rings. The van der Waals surface area contributed by atoms with E-state index in [1.54, 1.807) is 0 Å². The maximum atomic E-state index is 13.8. The number of carboxylic acid groups (broad SMARTS) is 1. The minimum absolute atomic E-state index is 0.304. The third kappa shape index (κ3) is 5.23. The molecule has 7 nitrogen and oxygen atoms in total. The molecule has 0 spiro atoms. The van der Waals surface area contributed by atoms with Gasteiger partial charge in [0.1, 0.15) is 6.04 Å². The number of hydrazine groups is 1. The Morgan fingerprint density at radius 2 is 1.61 bits per heavy atom. The molecule has 0 radical (unpaired) electrons. The number of nitrogens with one attached hydrogen (secondary N) is 1. The zero-order valence-corrected chi connectivity index (χ0v) is 19.6. The smallest absolute Gasteiger partial charge is 0.433 e. The molecule has 0 bridgehead atoms. The van der Waals surface area contributed by atoms with E-state index in [4.69, 9.17) is 23.2 Å². The number of carbonyl (C=O) groups excluding carboxylic acids is 1. The second kappa shape index (κ2) is 9.97. The van der Waals surface area contributed by atoms with E-state index in [2.05, 4.69) is 10.3 Å². The number of imide groups is 1. The van der Waals surface area contributed by atoms with Crippen molar-refractivity contribution in [1.82, 2.24) is 14.8 Å². The van der Waals surface area contributed by atoms with Crippen LogP contribution < -0.4 is 5.43 Å². The maximum Gasteiger partial charge on any atom is 0.433 e. The second-order valence-corrected chi connectivity index (χ2v) is 8.91. The van der Waals surface area contributed by atoms with Gasteiger partial charge < -0.3 is 10.0 Å². The molecular formula is C24H24Cl2N4O3. The number of fused-ring (bicyclic) bond motifs is 1. The molecule has 0 saturated carbocycles. The number of benzene rings is 3. The number of hydrogen-bond donors (Lipinski definition) is 2. The van der Waals surface area contributed by atoms with E-state index >= 15 is 0 Å². The molecule has 1 atom stereocenters. The highest BCUT2D eigenvalue weighted by molar-refractivity contribution is 6.35. The number of nitrogens with zero attached hydrogens (tertiary/aromatic N) is 3. The molecule has 4 rings (SSSR count). The maximum absolute atomic E-state index is 13.8. The summed E-state index contributed by atoms with van der Waals surface area (Å²) in [5.41, 5.74) is 3.75. The van der Waals surface area contributed by atoms with Crippen LogP contribution in [0, 0.1) is 0 Å². The lowest BCUT2D eigenvalue weighted by molar-refractivity contribution is -0.134. The fraction of sp³-hybridized carbons (Fsp3) is 0.250. The average molecular weight is 487 g/mol. The van der Waals surface area contributed by atoms with Crippen LogP contribution in [-0.4, -0.2) is 65.1 Å². The van der Waals surface area contributed by atoms with E-state index in [1.807, 2.05) is 54.4 Å². The lowest BCUT2D eigenvalue weighted by atomic mass is 9.96. The molecule has 9 heteroatoms. The van der Waals surface area contributed by atoms with Crippen molar-refractivity contribution in [3.05, 3.63) is 76.3 Å². The molecule has 1 aliphatic heterocycles. The molecule has 2 N–H and O–H groups in total. The monoisotopic (exact) mass is 486 g/mol. The van der Waals surface area contributed by atoms with Gasteiger partial charge in [0.15, 0.2) is 0 Å². The van der Waals surface area contributed by atoms with Crippen molar-refractivity contribution in [3.8, 4) is 0 Å². The minimum atomic E-state index is -1.42. The standard InChI is InChI=1S/C24H24Cl2N4O3/c1-28-9-11-29(12-10-28)22(21-8-4-6-16-5-2-3-7-20(16)21)23(31)30(24(32)33)27-19-14-17(25)13-18(26)15-19/h2-8,13-15,22,27H,9-12H2,1H3,(H,32,33). The fourth-order valence-corrected chi connectivity index (χ4v) is 4.65. The summed E-state index contributed by atoms with van der Waals surface area (Å²) in [6, 6.07) is 17.3. The summed E-state index contributed by atoms with van der Waals surface area (Å²) in [6.07, 6.45) is -1.42. The Morgan fingerprint density at radius 1 is 0.970 bits per heavy atom. The van der Waals surface area contributed by atoms with Crippen LogP contribution in [0.5, 0.6) is 0 Å². The van der Waals surface area contributed by atoms with Crippen LogP contribution >= 0.6 is 23.2 Å². The van der Waals surface area contributed by atoms with E-state index in [0.717, 1.165) is 29.4 Å². The van der Waals surface area contributed by atoms with Crippen molar-refractivity contribution < 1.29 is 14.7 Å². The SMILES string of the molecule is CN1CCN(C(C(=O)N(Nc2cc(Cl)cc(Cl)c2)C(=O)O)c2cccc3ccccc23)CC1. The number of anilines is 1. The van der Waals surface area contributed by atoms with Crippen LogP contribution in [-0.2, 0) is 4.79 Å². The molecule has 1 aliphatic rings. The molecule has 2 amide bonds. The summed E-state index contributed by atoms with van der Waals surface area (Å²) < 4.78 is 0. The van der Waals surface area contributed by atoms with Crippen molar-refractivity contribution in [2.45, 2.75) is 6.04 Å². The number of carbonyl (C=O) groups is 2. The number of hydrogen-bond acceptors (Lipinski definition) is 5. The van der Waals surface area contributed by atoms with Crippen molar-refractivity contribution in [2.75, 3.05) is 38.7 Å². The van der Waals surface area contributed by atoms with Gasteiger partial charge in [-0.1, -0.05) is 65.7 Å². The first-order valence-corrected chi connectivity index (χ1v) is 11.3. The van der Waals surface area contributed by atoms with Gasteiger partial charge in [-0.2, -0.15) is 5.01 Å². The molecule has 0 aromatic heterocycles. The number of amides is 2. The highest BCUT2D eigenvalue weighted by atomic mass is 35.5. The van der Waals surface area contributed by atoms with Crippen LogP contribution in [0.1, 0.15) is 11.6 Å². The van der Waals surface area contributed by atoms with Crippen LogP contribution in [0.3, 0.4) is 0 Å². The Labute approximate surface area is 202 Å². The molecule has 1 fully saturated rings. The van der Waals surface area contributed by atoms with E-state index in [-0.39, 0.29) is 0 Å². The summed E-state index contributed by atoms with van der Waals surface area (Å²) in [5, 5.41) is 13.1. The number of piperazine rings is 1. The van der Waals surface area contributed by atoms with E-state index in [0.29, 0.717) is 33.8 Å². The van der Waals surface area contributed by atoms with Gasteiger partial charge in [0.25, 0.3) is 5.91 Å². The number of likely N-dealkylation sites (N-methyl/N-ethyl adjacent to an activating group) is 1. The Hall–Kier alpha value is -2.84. The van der Waals surface area contributed by atoms with E-state index in [9.17, 15) is 14.7 Å². The Morgan fingerprint density at radius 3 is 2.27 bits per heavy atom. The van der Waals surface area contributed by atoms with Gasteiger partial charge in [0.2, 0.25) is 0 Å². The zero-order chi connectivity index (χ0) is 23.5. The third-order valence-electron chi connectivity index (χ3n) is 5.77. The first-order chi connectivity index (χ1) is 15.8. The highest BCUT2D eigenvalue weighted by Gasteiger charge is 2.36. The molecule has 3 aromatic carbocycles. The van der Waals surface area contributed by atoms with Crippen LogP contribution in [0.2, 0.25) is 10.0 Å². The third-order valence-corrected chi connectivity index (χ3v) is 6.21. The summed E-state index contributed by atoms with van der Waals surface area (Å²) in [7, 11) is 2.03. The van der Waals surface area contributed by atoms with E-state index in [1.165, 1.54) is 18.2 Å². The van der Waals surface area contributed by atoms with Crippen molar-refractivity contribution >= 4 is 51.7 Å². The van der Waals surface area contributed by atoms with Gasteiger partial charge in [-0.3, -0.25) is 15.1 Å². The van der Waals surface area contributed by atoms with Gasteiger partial charge >= 0.3 is 6.09 Å². The summed E-state index contributed by atoms with van der Waals surface area (Å²) in [6.45, 7) is 2.82. The van der Waals surface area contributed by atoms with E-state index < -0.39 is 18.0 Å². The predicted molar refractivity (Wildman–Crippen MR) is 131 cm³/mol. The van der Waals surface area contributed by atoms with Gasteiger partial charge in [-0.15, -0.1) is 0 Å². The Balaban J connectivity index is 1.76. The lowest BCUT2D eigenvalue weighted by Gasteiger charge is -2.39. The molecule has 1 unspecified atom stereocenters. The predicted octanol–water partition coefficient (Wildman–Crippen LogP) is 4.97. The summed E-state index contributed by atoms with van der Waals surface area (Å²) >= 11 is 12.1. The minimum Gasteiger partial charge on any atom is -0.463 e. The summed E-state index contributed by atoms with van der Waals surface area (Å²) in [5.74, 6) is -0.598. The van der Waals surface area contributed by atoms with Crippen molar-refractivity contribution in [3.63, 3.8) is 0 Å². The number of rotatable bonds is 5. The molecule has 33 heavy (non-hydrogen) atoms. The molecular weight excluding hydrogens is 463 g/mol. The normalized spacial score (nSPS) is 15.8. The Kier molecular flexibility index (Phi) is 7.05. The van der Waals surface area contributed by atoms with Gasteiger partial charge in [-0.05, 0) is 41.6 Å². The van der Waals surface area contributed by atoms with Crippen LogP contribution in [0.25, 0.3) is 10.8 Å². The van der Waals surface area contributed by atoms with Crippen molar-refractivity contribution in [1.29, 1.82) is 0 Å². The number of halogens is 2. The summed E-state index contributed by atoms with van der Waals surface area (Å²) in [4.78, 5) is 30.3. The van der Waals surface area contributed by atoms with Gasteiger partial charge in [-0.25, -0.2) is 4.79 Å². The largest absolute Gasteiger partial charge is 0.463 e. The van der Waals surface area contributed by atoms with Gasteiger partial charge in [0.05, 0.1) is 5.69 Å².